The molecule has 0 fully saturated rings. The molecule has 1 aliphatic heterocycles. The van der Waals surface area contributed by atoms with Crippen molar-refractivity contribution >= 4 is 40.1 Å². The number of ether oxygens (including phenoxy) is 1. The summed E-state index contributed by atoms with van der Waals surface area (Å²) >= 11 is 6.02. The van der Waals surface area contributed by atoms with Crippen molar-refractivity contribution in [1.29, 1.82) is 0 Å². The van der Waals surface area contributed by atoms with Crippen LogP contribution in [-0.4, -0.2) is 63.1 Å². The molecule has 1 aliphatic rings. The maximum absolute atomic E-state index is 13.0. The molecule has 2 aromatic carbocycles. The Hall–Kier alpha value is -3.99. The lowest BCUT2D eigenvalue weighted by molar-refractivity contribution is 0.0497. The minimum Gasteiger partial charge on any atom is -0.387 e. The highest BCUT2D eigenvalue weighted by Gasteiger charge is 2.39. The number of benzene rings is 2. The lowest BCUT2D eigenvalue weighted by Gasteiger charge is -2.21. The molecule has 0 saturated carbocycles. The Morgan fingerprint density at radius 3 is 2.62 bits per heavy atom. The van der Waals surface area contributed by atoms with Crippen LogP contribution in [0.15, 0.2) is 53.5 Å². The highest BCUT2D eigenvalue weighted by Crippen LogP contribution is 2.31. The summed E-state index contributed by atoms with van der Waals surface area (Å²) in [5.74, 6) is -0.562. The number of aliphatic hydroxyl groups is 1. The minimum absolute atomic E-state index is 0.115. The van der Waals surface area contributed by atoms with E-state index in [1.54, 1.807) is 49.4 Å². The van der Waals surface area contributed by atoms with Crippen molar-refractivity contribution in [2.75, 3.05) is 25.6 Å². The quantitative estimate of drug-likeness (QED) is 0.261. The normalized spacial score (nSPS) is 14.8. The van der Waals surface area contributed by atoms with Gasteiger partial charge in [0.15, 0.2) is 0 Å². The lowest BCUT2D eigenvalue weighted by atomic mass is 10.1. The molecule has 2 atom stereocenters. The molecule has 0 aliphatic carbocycles. The first-order chi connectivity index (χ1) is 17.8. The number of fused-ring (bicyclic) bond motifs is 2. The summed E-state index contributed by atoms with van der Waals surface area (Å²) in [5.41, 5.74) is 2.36. The van der Waals surface area contributed by atoms with E-state index in [9.17, 15) is 19.5 Å². The van der Waals surface area contributed by atoms with Crippen LogP contribution in [0.5, 0.6) is 0 Å². The van der Waals surface area contributed by atoms with Crippen LogP contribution < -0.4 is 10.9 Å². The lowest BCUT2D eigenvalue weighted by Crippen LogP contribution is -2.40. The van der Waals surface area contributed by atoms with E-state index in [1.165, 1.54) is 18.2 Å². The maximum Gasteiger partial charge on any atom is 0.261 e. The second-order valence-electron chi connectivity index (χ2n) is 8.83. The number of amides is 2. The third-order valence-corrected chi connectivity index (χ3v) is 6.52. The number of carbonyl (C=O) groups is 2. The number of halogens is 1. The summed E-state index contributed by atoms with van der Waals surface area (Å²) in [4.78, 5) is 50.2. The van der Waals surface area contributed by atoms with Crippen molar-refractivity contribution in [3.8, 4) is 11.4 Å². The Labute approximate surface area is 216 Å². The Balaban J connectivity index is 1.46. The van der Waals surface area contributed by atoms with Crippen LogP contribution >= 0.6 is 11.6 Å². The number of hydrogen-bond acceptors (Lipinski definition) is 7. The average molecular weight is 522 g/mol. The van der Waals surface area contributed by atoms with Gasteiger partial charge in [-0.3, -0.25) is 19.3 Å². The molecule has 0 radical (unpaired) electrons. The Morgan fingerprint density at radius 1 is 1.14 bits per heavy atom. The van der Waals surface area contributed by atoms with Gasteiger partial charge in [0, 0.05) is 24.9 Å². The zero-order valence-corrected chi connectivity index (χ0v) is 20.8. The highest BCUT2D eigenvalue weighted by molar-refractivity contribution is 6.30. The van der Waals surface area contributed by atoms with Crippen LogP contribution in [-0.2, 0) is 4.74 Å². The van der Waals surface area contributed by atoms with Crippen LogP contribution in [0.1, 0.15) is 39.3 Å². The van der Waals surface area contributed by atoms with E-state index in [1.807, 2.05) is 0 Å². The van der Waals surface area contributed by atoms with Gasteiger partial charge in [0.25, 0.3) is 17.4 Å². The number of aromatic nitrogens is 3. The van der Waals surface area contributed by atoms with Gasteiger partial charge in [-0.25, -0.2) is 4.98 Å². The number of rotatable bonds is 8. The van der Waals surface area contributed by atoms with Crippen LogP contribution in [0, 0.1) is 0 Å². The number of anilines is 1. The van der Waals surface area contributed by atoms with Crippen molar-refractivity contribution in [3.63, 3.8) is 0 Å². The van der Waals surface area contributed by atoms with Crippen LogP contribution in [0.4, 0.5) is 5.69 Å². The fourth-order valence-electron chi connectivity index (χ4n) is 4.50. The van der Waals surface area contributed by atoms with Gasteiger partial charge in [-0.1, -0.05) is 23.7 Å². The van der Waals surface area contributed by atoms with Crippen molar-refractivity contribution in [1.82, 2.24) is 19.9 Å². The fraction of sp³-hybridized carbons (Fsp3) is 0.231. The summed E-state index contributed by atoms with van der Waals surface area (Å²) < 4.78 is 5.10. The number of aromatic amines is 2. The number of imidazole rings is 1. The van der Waals surface area contributed by atoms with Crippen molar-refractivity contribution in [2.24, 2.45) is 0 Å². The summed E-state index contributed by atoms with van der Waals surface area (Å²) in [5, 5.41) is 14.2. The number of methoxy groups -OCH3 is 1. The first kappa shape index (κ1) is 24.7. The monoisotopic (exact) mass is 521 g/mol. The average Bonchev–Trinajstić information content (AvgIpc) is 3.39. The van der Waals surface area contributed by atoms with Gasteiger partial charge in [0.2, 0.25) is 0 Å². The zero-order chi connectivity index (χ0) is 26.3. The van der Waals surface area contributed by atoms with E-state index < -0.39 is 29.5 Å². The highest BCUT2D eigenvalue weighted by atomic mass is 35.5. The Bertz CT molecular complexity index is 1530. The second-order valence-corrected chi connectivity index (χ2v) is 9.27. The number of imide groups is 1. The second kappa shape index (κ2) is 9.81. The van der Waals surface area contributed by atoms with Gasteiger partial charge < -0.3 is 25.1 Å². The molecule has 10 nitrogen and oxygen atoms in total. The largest absolute Gasteiger partial charge is 0.387 e. The SMILES string of the molecule is COC[C@H](C)N1C(=O)c2cc3nc(-c4c(NC[C@@H](O)c5cccc(Cl)c5)cc[nH]c4=O)[nH]c3cc2C1=O. The van der Waals surface area contributed by atoms with Crippen molar-refractivity contribution < 1.29 is 19.4 Å². The predicted octanol–water partition coefficient (Wildman–Crippen LogP) is 3.35. The third-order valence-electron chi connectivity index (χ3n) is 6.29. The van der Waals surface area contributed by atoms with Gasteiger partial charge in [0.05, 0.1) is 46.6 Å². The van der Waals surface area contributed by atoms with E-state index in [4.69, 9.17) is 16.3 Å². The summed E-state index contributed by atoms with van der Waals surface area (Å²) in [6, 6.07) is 11.3. The van der Waals surface area contributed by atoms with Crippen LogP contribution in [0.3, 0.4) is 0 Å². The number of hydrogen-bond donors (Lipinski definition) is 4. The molecule has 4 aromatic rings. The van der Waals surface area contributed by atoms with E-state index in [2.05, 4.69) is 20.3 Å². The van der Waals surface area contributed by atoms with E-state index in [-0.39, 0.29) is 35.7 Å². The molecule has 2 amide bonds. The molecule has 0 saturated heterocycles. The molecule has 3 heterocycles. The number of pyridine rings is 1. The standard InChI is InChI=1S/C26H24ClN5O5/c1-13(12-37-2)32-25(35)16-9-19-20(10-17(16)26(32)36)31-23(30-19)22-18(6-7-28-24(22)34)29-11-21(33)14-4-3-5-15(27)8-14/h3-10,13,21,33H,11-12H2,1-2H3,(H,30,31)(H2,28,29,34)/t13-,21+/m0/s1. The van der Waals surface area contributed by atoms with Gasteiger partial charge in [-0.05, 0) is 42.8 Å². The number of nitrogens with zero attached hydrogens (tertiary/aromatic N) is 2. The summed E-state index contributed by atoms with van der Waals surface area (Å²) in [7, 11) is 1.51. The predicted molar refractivity (Wildman–Crippen MR) is 139 cm³/mol. The van der Waals surface area contributed by atoms with E-state index >= 15 is 0 Å². The van der Waals surface area contributed by atoms with Crippen LogP contribution in [0.25, 0.3) is 22.4 Å². The Morgan fingerprint density at radius 2 is 1.89 bits per heavy atom. The molecule has 37 heavy (non-hydrogen) atoms. The molecule has 0 bridgehead atoms. The van der Waals surface area contributed by atoms with Crippen LogP contribution in [0.2, 0.25) is 5.02 Å². The number of carbonyl (C=O) groups excluding carboxylic acids is 2. The molecular weight excluding hydrogens is 498 g/mol. The van der Waals surface area contributed by atoms with Crippen molar-refractivity contribution in [3.05, 3.63) is 80.7 Å². The van der Waals surface area contributed by atoms with E-state index in [0.717, 1.165) is 0 Å². The molecule has 0 unspecified atom stereocenters. The molecule has 0 spiro atoms. The van der Waals surface area contributed by atoms with Gasteiger partial charge >= 0.3 is 0 Å². The molecule has 2 aromatic heterocycles. The number of H-pyrrole nitrogens is 2. The first-order valence-corrected chi connectivity index (χ1v) is 12.0. The topological polar surface area (TPSA) is 140 Å². The smallest absolute Gasteiger partial charge is 0.261 e. The third kappa shape index (κ3) is 4.50. The summed E-state index contributed by atoms with van der Waals surface area (Å²) in [6.45, 7) is 2.08. The number of nitrogens with one attached hydrogen (secondary N) is 3. The molecule has 190 valence electrons. The zero-order valence-electron chi connectivity index (χ0n) is 20.0. The molecule has 11 heteroatoms. The Kier molecular flexibility index (Phi) is 6.55. The molecule has 4 N–H and O–H groups in total. The molecule has 5 rings (SSSR count). The number of aliphatic hydroxyl groups excluding tert-OH is 1. The summed E-state index contributed by atoms with van der Waals surface area (Å²) in [6.07, 6.45) is 0.620. The van der Waals surface area contributed by atoms with Gasteiger partial charge in [-0.15, -0.1) is 0 Å². The fourth-order valence-corrected chi connectivity index (χ4v) is 4.69. The van der Waals surface area contributed by atoms with Gasteiger partial charge in [0.1, 0.15) is 11.4 Å². The van der Waals surface area contributed by atoms with Gasteiger partial charge in [-0.2, -0.15) is 0 Å². The molecular formula is C26H24ClN5O5. The minimum atomic E-state index is -0.870. The van der Waals surface area contributed by atoms with Crippen molar-refractivity contribution in [2.45, 2.75) is 19.1 Å². The van der Waals surface area contributed by atoms with E-state index in [0.29, 0.717) is 27.3 Å². The maximum atomic E-state index is 13.0. The first-order valence-electron chi connectivity index (χ1n) is 11.6.